The van der Waals surface area contributed by atoms with Gasteiger partial charge in [-0.3, -0.25) is 19.2 Å². The number of aliphatic hydroxyl groups is 1. The zero-order valence-electron chi connectivity index (χ0n) is 17.7. The minimum atomic E-state index is -1.63. The van der Waals surface area contributed by atoms with E-state index in [1.807, 2.05) is 6.92 Å². The van der Waals surface area contributed by atoms with Crippen LogP contribution in [0.25, 0.3) is 0 Å². The van der Waals surface area contributed by atoms with Crippen LogP contribution in [0.2, 0.25) is 0 Å². The monoisotopic (exact) mass is 404 g/mol. The third-order valence-electron chi connectivity index (χ3n) is 9.19. The van der Waals surface area contributed by atoms with Gasteiger partial charge in [-0.1, -0.05) is 13.8 Å². The van der Waals surface area contributed by atoms with E-state index < -0.39 is 29.4 Å². The van der Waals surface area contributed by atoms with Gasteiger partial charge in [0, 0.05) is 37.5 Å². The number of ether oxygens (including phenoxy) is 1. The van der Waals surface area contributed by atoms with Gasteiger partial charge in [-0.05, 0) is 55.3 Å². The van der Waals surface area contributed by atoms with E-state index in [0.29, 0.717) is 31.5 Å². The smallest absolute Gasteiger partial charge is 0.303 e. The molecule has 1 N–H and O–H groups in total. The Hall–Kier alpha value is -1.56. The summed E-state index contributed by atoms with van der Waals surface area (Å²) >= 11 is 0. The molecule has 0 aliphatic heterocycles. The predicted octanol–water partition coefficient (Wildman–Crippen LogP) is 2.64. The van der Waals surface area contributed by atoms with Gasteiger partial charge in [0.25, 0.3) is 0 Å². The Kier molecular flexibility index (Phi) is 4.80. The summed E-state index contributed by atoms with van der Waals surface area (Å²) in [5.74, 6) is -0.187. The number of rotatable bonds is 3. The Morgan fingerprint density at radius 1 is 1.14 bits per heavy atom. The van der Waals surface area contributed by atoms with Gasteiger partial charge in [-0.25, -0.2) is 0 Å². The second kappa shape index (κ2) is 6.73. The summed E-state index contributed by atoms with van der Waals surface area (Å²) in [6, 6.07) is 0. The highest BCUT2D eigenvalue weighted by Gasteiger charge is 2.69. The zero-order valence-corrected chi connectivity index (χ0v) is 17.7. The van der Waals surface area contributed by atoms with Crippen LogP contribution < -0.4 is 0 Å². The lowest BCUT2D eigenvalue weighted by Crippen LogP contribution is -2.62. The molecule has 0 aromatic carbocycles. The molecule has 160 valence electrons. The Morgan fingerprint density at radius 3 is 2.55 bits per heavy atom. The molecule has 0 heterocycles. The lowest BCUT2D eigenvalue weighted by atomic mass is 9.44. The molecule has 7 atom stereocenters. The Morgan fingerprint density at radius 2 is 1.86 bits per heavy atom. The van der Waals surface area contributed by atoms with E-state index in [1.165, 1.54) is 6.92 Å². The highest BCUT2D eigenvalue weighted by atomic mass is 16.5. The number of fused-ring (bicyclic) bond motifs is 5. The molecule has 4 rings (SSSR count). The van der Waals surface area contributed by atoms with Crippen LogP contribution >= 0.6 is 0 Å². The van der Waals surface area contributed by atoms with Crippen molar-refractivity contribution in [1.29, 1.82) is 0 Å². The number of carbonyl (C=O) groups excluding carboxylic acids is 4. The summed E-state index contributed by atoms with van der Waals surface area (Å²) in [5, 5.41) is 11.4. The molecule has 0 bridgehead atoms. The van der Waals surface area contributed by atoms with Crippen molar-refractivity contribution >= 4 is 23.3 Å². The summed E-state index contributed by atoms with van der Waals surface area (Å²) in [7, 11) is 0. The van der Waals surface area contributed by atoms with Gasteiger partial charge in [0.2, 0.25) is 5.78 Å². The lowest BCUT2D eigenvalue weighted by Gasteiger charge is -2.59. The molecular weight excluding hydrogens is 372 g/mol. The van der Waals surface area contributed by atoms with Crippen LogP contribution in [0.15, 0.2) is 0 Å². The van der Waals surface area contributed by atoms with E-state index in [-0.39, 0.29) is 41.3 Å². The SMILES string of the molecule is CC(=O)OCC(=O)[C@@]1(O)CCC2C3CCC4CC(=O)CCC4(C)C3C(=O)CC21C. The van der Waals surface area contributed by atoms with Crippen molar-refractivity contribution in [2.24, 2.45) is 34.5 Å². The van der Waals surface area contributed by atoms with Crippen molar-refractivity contribution in [3.05, 3.63) is 0 Å². The quantitative estimate of drug-likeness (QED) is 0.726. The van der Waals surface area contributed by atoms with Crippen molar-refractivity contribution in [2.45, 2.75) is 77.7 Å². The minimum absolute atomic E-state index is 0.0849. The first-order valence-corrected chi connectivity index (χ1v) is 11.0. The van der Waals surface area contributed by atoms with Crippen LogP contribution in [0.5, 0.6) is 0 Å². The Balaban J connectivity index is 1.64. The normalized spacial score (nSPS) is 46.5. The van der Waals surface area contributed by atoms with E-state index in [9.17, 15) is 24.3 Å². The summed E-state index contributed by atoms with van der Waals surface area (Å²) in [6.07, 6.45) is 4.90. The van der Waals surface area contributed by atoms with Gasteiger partial charge in [0.15, 0.2) is 6.61 Å². The first-order valence-electron chi connectivity index (χ1n) is 11.0. The second-order valence-electron chi connectivity index (χ2n) is 10.4. The van der Waals surface area contributed by atoms with Crippen molar-refractivity contribution in [2.75, 3.05) is 6.61 Å². The van der Waals surface area contributed by atoms with Crippen LogP contribution in [0.4, 0.5) is 0 Å². The molecular formula is C23H32O6. The molecule has 6 unspecified atom stereocenters. The maximum absolute atomic E-state index is 13.5. The molecule has 0 aromatic rings. The van der Waals surface area contributed by atoms with E-state index in [1.54, 1.807) is 0 Å². The fourth-order valence-electron chi connectivity index (χ4n) is 7.61. The first kappa shape index (κ1) is 20.7. The molecule has 0 radical (unpaired) electrons. The molecule has 6 nitrogen and oxygen atoms in total. The molecule has 4 aliphatic rings. The standard InChI is InChI=1S/C23H32O6/c1-13(24)29-12-19(27)23(28)9-7-17-16-5-4-14-10-15(25)6-8-21(14,2)20(16)18(26)11-22(17,23)3/h14,16-17,20,28H,4-12H2,1-3H3/t14?,16?,17?,20?,21?,22?,23-/m0/s1. The van der Waals surface area contributed by atoms with Gasteiger partial charge >= 0.3 is 5.97 Å². The van der Waals surface area contributed by atoms with Crippen molar-refractivity contribution in [1.82, 2.24) is 0 Å². The minimum Gasteiger partial charge on any atom is -0.458 e. The number of carbonyl (C=O) groups is 4. The number of hydrogen-bond acceptors (Lipinski definition) is 6. The average molecular weight is 405 g/mol. The summed E-state index contributed by atoms with van der Waals surface area (Å²) in [5.41, 5.74) is -2.61. The largest absolute Gasteiger partial charge is 0.458 e. The van der Waals surface area contributed by atoms with Crippen molar-refractivity contribution in [3.63, 3.8) is 0 Å². The number of esters is 1. The molecule has 0 saturated heterocycles. The van der Waals surface area contributed by atoms with Crippen molar-refractivity contribution in [3.8, 4) is 0 Å². The van der Waals surface area contributed by atoms with Crippen molar-refractivity contribution < 1.29 is 29.0 Å². The fourth-order valence-corrected chi connectivity index (χ4v) is 7.61. The third-order valence-corrected chi connectivity index (χ3v) is 9.19. The van der Waals surface area contributed by atoms with E-state index >= 15 is 0 Å². The summed E-state index contributed by atoms with van der Waals surface area (Å²) in [6.45, 7) is 4.86. The van der Waals surface area contributed by atoms with Crippen LogP contribution in [0.3, 0.4) is 0 Å². The van der Waals surface area contributed by atoms with Gasteiger partial charge in [-0.15, -0.1) is 0 Å². The molecule has 6 heteroatoms. The molecule has 4 fully saturated rings. The van der Waals surface area contributed by atoms with Crippen LogP contribution in [-0.2, 0) is 23.9 Å². The topological polar surface area (TPSA) is 97.7 Å². The fraction of sp³-hybridized carbons (Fsp3) is 0.826. The maximum atomic E-state index is 13.5. The second-order valence-corrected chi connectivity index (χ2v) is 10.4. The zero-order chi connectivity index (χ0) is 21.2. The van der Waals surface area contributed by atoms with E-state index in [2.05, 4.69) is 6.92 Å². The van der Waals surface area contributed by atoms with Gasteiger partial charge in [0.05, 0.1) is 0 Å². The van der Waals surface area contributed by atoms with Crippen LogP contribution in [0.1, 0.15) is 72.1 Å². The average Bonchev–Trinajstić information content (AvgIpc) is 2.91. The number of hydrogen-bond donors (Lipinski definition) is 1. The van der Waals surface area contributed by atoms with Gasteiger partial charge in [-0.2, -0.15) is 0 Å². The Labute approximate surface area is 171 Å². The van der Waals surface area contributed by atoms with E-state index in [0.717, 1.165) is 19.3 Å². The van der Waals surface area contributed by atoms with Crippen LogP contribution in [-0.4, -0.2) is 40.6 Å². The Bertz CT molecular complexity index is 773. The first-order chi connectivity index (χ1) is 13.5. The molecule has 0 spiro atoms. The van der Waals surface area contributed by atoms with Gasteiger partial charge < -0.3 is 9.84 Å². The third kappa shape index (κ3) is 2.85. The highest BCUT2D eigenvalue weighted by Crippen LogP contribution is 2.67. The molecule has 0 amide bonds. The van der Waals surface area contributed by atoms with E-state index in [4.69, 9.17) is 4.74 Å². The summed E-state index contributed by atoms with van der Waals surface area (Å²) < 4.78 is 4.87. The van der Waals surface area contributed by atoms with Gasteiger partial charge in [0.1, 0.15) is 17.2 Å². The predicted molar refractivity (Wildman–Crippen MR) is 104 cm³/mol. The lowest BCUT2D eigenvalue weighted by molar-refractivity contribution is -0.180. The highest BCUT2D eigenvalue weighted by molar-refractivity contribution is 5.93. The number of ketones is 3. The maximum Gasteiger partial charge on any atom is 0.303 e. The molecule has 29 heavy (non-hydrogen) atoms. The molecule has 4 saturated carbocycles. The summed E-state index contributed by atoms with van der Waals surface area (Å²) in [4.78, 5) is 49.5. The molecule has 0 aromatic heterocycles. The number of Topliss-reactive ketones (excluding diaryl/α,β-unsaturated/α-hetero) is 3. The van der Waals surface area contributed by atoms with Crippen LogP contribution in [0, 0.1) is 34.5 Å². The molecule has 4 aliphatic carbocycles.